The van der Waals surface area contributed by atoms with E-state index in [0.717, 1.165) is 37.9 Å². The van der Waals surface area contributed by atoms with E-state index in [4.69, 9.17) is 0 Å². The highest BCUT2D eigenvalue weighted by Crippen LogP contribution is 2.29. The van der Waals surface area contributed by atoms with Crippen molar-refractivity contribution in [3.05, 3.63) is 107 Å². The molecule has 4 rings (SSSR count). The zero-order chi connectivity index (χ0) is 23.2. The first-order valence-electron chi connectivity index (χ1n) is 11.3. The molecule has 1 amide bonds. The lowest BCUT2D eigenvalue weighted by atomic mass is 9.89. The van der Waals surface area contributed by atoms with Crippen LogP contribution >= 0.6 is 0 Å². The summed E-state index contributed by atoms with van der Waals surface area (Å²) in [5.41, 5.74) is 1.42. The Bertz CT molecular complexity index is 1040. The quantitative estimate of drug-likeness (QED) is 0.518. The van der Waals surface area contributed by atoms with Crippen LogP contribution < -0.4 is 5.32 Å². The van der Waals surface area contributed by atoms with Gasteiger partial charge in [-0.2, -0.15) is 0 Å². The Morgan fingerprint density at radius 3 is 2.12 bits per heavy atom. The molecule has 1 heterocycles. The maximum Gasteiger partial charge on any atom is 0.232 e. The van der Waals surface area contributed by atoms with Gasteiger partial charge in [-0.25, -0.2) is 13.2 Å². The molecule has 0 saturated carbocycles. The molecular formula is C27H27F3N2O. The zero-order valence-corrected chi connectivity index (χ0v) is 18.3. The minimum absolute atomic E-state index is 0.0793. The van der Waals surface area contributed by atoms with Crippen molar-refractivity contribution in [2.24, 2.45) is 0 Å². The van der Waals surface area contributed by atoms with E-state index in [1.54, 1.807) is 36.4 Å². The lowest BCUT2D eigenvalue weighted by Crippen LogP contribution is -2.40. The van der Waals surface area contributed by atoms with E-state index in [0.29, 0.717) is 6.54 Å². The summed E-state index contributed by atoms with van der Waals surface area (Å²) in [6.45, 7) is 2.41. The van der Waals surface area contributed by atoms with Crippen LogP contribution in [0, 0.1) is 17.5 Å². The van der Waals surface area contributed by atoms with Crippen molar-refractivity contribution in [1.82, 2.24) is 10.2 Å². The predicted octanol–water partition coefficient (Wildman–Crippen LogP) is 5.06. The number of hydrogen-bond donors (Lipinski definition) is 1. The Kier molecular flexibility index (Phi) is 7.45. The van der Waals surface area contributed by atoms with Gasteiger partial charge in [0.25, 0.3) is 0 Å². The number of halogens is 3. The Morgan fingerprint density at radius 1 is 0.909 bits per heavy atom. The average molecular weight is 453 g/mol. The normalized spacial score (nSPS) is 16.3. The van der Waals surface area contributed by atoms with Gasteiger partial charge >= 0.3 is 0 Å². The first-order valence-corrected chi connectivity index (χ1v) is 11.3. The number of likely N-dealkylation sites (tertiary alicyclic amines) is 1. The van der Waals surface area contributed by atoms with Gasteiger partial charge in [0.05, 0.1) is 5.92 Å². The monoisotopic (exact) mass is 452 g/mol. The predicted molar refractivity (Wildman–Crippen MR) is 122 cm³/mol. The minimum Gasteiger partial charge on any atom is -0.351 e. The van der Waals surface area contributed by atoms with Gasteiger partial charge in [-0.1, -0.05) is 48.5 Å². The second kappa shape index (κ2) is 10.7. The second-order valence-electron chi connectivity index (χ2n) is 8.50. The van der Waals surface area contributed by atoms with Crippen LogP contribution in [-0.2, 0) is 11.2 Å². The minimum atomic E-state index is -1.06. The smallest absolute Gasteiger partial charge is 0.232 e. The van der Waals surface area contributed by atoms with Crippen molar-refractivity contribution in [1.29, 1.82) is 0 Å². The van der Waals surface area contributed by atoms with Crippen molar-refractivity contribution >= 4 is 5.91 Å². The Hall–Kier alpha value is -3.12. The number of hydrogen-bond acceptors (Lipinski definition) is 2. The number of benzene rings is 3. The van der Waals surface area contributed by atoms with Crippen LogP contribution in [0.3, 0.4) is 0 Å². The molecule has 172 valence electrons. The van der Waals surface area contributed by atoms with Gasteiger partial charge < -0.3 is 10.2 Å². The molecule has 6 heteroatoms. The third-order valence-corrected chi connectivity index (χ3v) is 6.17. The summed E-state index contributed by atoms with van der Waals surface area (Å²) in [6.07, 6.45) is 2.57. The Morgan fingerprint density at radius 2 is 1.52 bits per heavy atom. The van der Waals surface area contributed by atoms with E-state index in [9.17, 15) is 18.0 Å². The largest absolute Gasteiger partial charge is 0.351 e. The topological polar surface area (TPSA) is 32.3 Å². The molecule has 1 aliphatic heterocycles. The molecular weight excluding hydrogens is 425 g/mol. The molecule has 33 heavy (non-hydrogen) atoms. The van der Waals surface area contributed by atoms with Gasteiger partial charge in [0.1, 0.15) is 17.5 Å². The first kappa shape index (κ1) is 23.1. The summed E-state index contributed by atoms with van der Waals surface area (Å²) in [6, 6.07) is 18.5. The fraction of sp³-hybridized carbons (Fsp3) is 0.296. The van der Waals surface area contributed by atoms with Crippen LogP contribution in [0.4, 0.5) is 13.2 Å². The average Bonchev–Trinajstić information content (AvgIpc) is 3.25. The van der Waals surface area contributed by atoms with Crippen LogP contribution in [0.15, 0.2) is 72.8 Å². The van der Waals surface area contributed by atoms with Crippen LogP contribution in [0.2, 0.25) is 0 Å². The summed E-state index contributed by atoms with van der Waals surface area (Å²) in [7, 11) is 0. The molecule has 3 nitrogen and oxygen atoms in total. The van der Waals surface area contributed by atoms with Crippen LogP contribution in [0.25, 0.3) is 0 Å². The van der Waals surface area contributed by atoms with Gasteiger partial charge in [0.2, 0.25) is 5.91 Å². The summed E-state index contributed by atoms with van der Waals surface area (Å²) >= 11 is 0. The third-order valence-electron chi connectivity index (χ3n) is 6.17. The standard InChI is InChI=1S/C27H27F3N2O/c28-20-13-11-19(12-14-20)6-5-16-32-17-15-21(18-32)31-27(33)26(22-7-1-3-9-24(22)29)23-8-2-4-10-25(23)30/h1-4,7-14,21,26H,5-6,15-18H2,(H,31,33)/t21-/m0/s1. The third kappa shape index (κ3) is 5.82. The number of rotatable bonds is 8. The van der Waals surface area contributed by atoms with E-state index in [-0.39, 0.29) is 23.0 Å². The molecule has 1 saturated heterocycles. The number of aryl methyl sites for hydroxylation is 1. The fourth-order valence-electron chi connectivity index (χ4n) is 4.46. The van der Waals surface area contributed by atoms with Gasteiger partial charge in [-0.05, 0) is 55.6 Å². The number of carbonyl (C=O) groups excluding carboxylic acids is 1. The second-order valence-corrected chi connectivity index (χ2v) is 8.50. The molecule has 0 aliphatic carbocycles. The van der Waals surface area contributed by atoms with E-state index < -0.39 is 23.5 Å². The van der Waals surface area contributed by atoms with E-state index in [2.05, 4.69) is 10.2 Å². The molecule has 1 N–H and O–H groups in total. The van der Waals surface area contributed by atoms with E-state index in [1.165, 1.54) is 36.4 Å². The van der Waals surface area contributed by atoms with E-state index in [1.807, 2.05) is 0 Å². The molecule has 0 spiro atoms. The number of nitrogens with zero attached hydrogens (tertiary/aromatic N) is 1. The van der Waals surface area contributed by atoms with Gasteiger partial charge in [-0.3, -0.25) is 4.79 Å². The SMILES string of the molecule is O=C(N[C@H]1CCN(CCCc2ccc(F)cc2)C1)C(c1ccccc1F)c1ccccc1F. The van der Waals surface area contributed by atoms with Crippen LogP contribution in [0.5, 0.6) is 0 Å². The number of amides is 1. The summed E-state index contributed by atoms with van der Waals surface area (Å²) < 4.78 is 42.2. The van der Waals surface area contributed by atoms with Crippen LogP contribution in [-0.4, -0.2) is 36.5 Å². The van der Waals surface area contributed by atoms with Gasteiger partial charge in [0.15, 0.2) is 0 Å². The Labute approximate surface area is 192 Å². The molecule has 1 aliphatic rings. The van der Waals surface area contributed by atoms with Crippen molar-refractivity contribution in [2.75, 3.05) is 19.6 Å². The lowest BCUT2D eigenvalue weighted by molar-refractivity contribution is -0.122. The highest BCUT2D eigenvalue weighted by Gasteiger charge is 2.31. The van der Waals surface area contributed by atoms with Gasteiger partial charge in [-0.15, -0.1) is 0 Å². The highest BCUT2D eigenvalue weighted by molar-refractivity contribution is 5.87. The highest BCUT2D eigenvalue weighted by atomic mass is 19.1. The van der Waals surface area contributed by atoms with Crippen molar-refractivity contribution < 1.29 is 18.0 Å². The molecule has 0 aromatic heterocycles. The summed E-state index contributed by atoms with van der Waals surface area (Å²) in [5.74, 6) is -2.76. The summed E-state index contributed by atoms with van der Waals surface area (Å²) in [4.78, 5) is 15.5. The molecule has 0 unspecified atom stereocenters. The number of nitrogens with one attached hydrogen (secondary N) is 1. The molecule has 0 radical (unpaired) electrons. The maximum atomic E-state index is 14.6. The lowest BCUT2D eigenvalue weighted by Gasteiger charge is -2.22. The summed E-state index contributed by atoms with van der Waals surface area (Å²) in [5, 5.41) is 3.02. The molecule has 3 aromatic rings. The molecule has 1 atom stereocenters. The van der Waals surface area contributed by atoms with Crippen molar-refractivity contribution in [3.63, 3.8) is 0 Å². The molecule has 3 aromatic carbocycles. The van der Waals surface area contributed by atoms with Crippen LogP contribution in [0.1, 0.15) is 35.4 Å². The van der Waals surface area contributed by atoms with Gasteiger partial charge in [0, 0.05) is 30.3 Å². The first-order chi connectivity index (χ1) is 16.0. The maximum absolute atomic E-state index is 14.6. The van der Waals surface area contributed by atoms with Crippen molar-refractivity contribution in [3.8, 4) is 0 Å². The molecule has 0 bridgehead atoms. The number of carbonyl (C=O) groups is 1. The van der Waals surface area contributed by atoms with Crippen molar-refractivity contribution in [2.45, 2.75) is 31.2 Å². The van der Waals surface area contributed by atoms with E-state index >= 15 is 0 Å². The fourth-order valence-corrected chi connectivity index (χ4v) is 4.46. The molecule has 1 fully saturated rings. The Balaban J connectivity index is 1.38. The zero-order valence-electron chi connectivity index (χ0n) is 18.3.